The van der Waals surface area contributed by atoms with Crippen molar-refractivity contribution in [2.24, 2.45) is 5.41 Å². The number of nitrogens with zero attached hydrogens (tertiary/aromatic N) is 2. The summed E-state index contributed by atoms with van der Waals surface area (Å²) >= 11 is 7.85. The Kier molecular flexibility index (Phi) is 4.51. The summed E-state index contributed by atoms with van der Waals surface area (Å²) in [6.45, 7) is 5.39. The molecule has 0 spiro atoms. The first-order valence-corrected chi connectivity index (χ1v) is 6.37. The lowest BCUT2D eigenvalue weighted by atomic mass is 9.84. The van der Waals surface area contributed by atoms with E-state index in [1.54, 1.807) is 0 Å². The first-order valence-electron chi connectivity index (χ1n) is 4.94. The van der Waals surface area contributed by atoms with E-state index < -0.39 is 0 Å². The highest BCUT2D eigenvalue weighted by atomic mass is 79.9. The fraction of sp³-hybridized carbons (Fsp3) is 0.700. The Bertz CT molecular complexity index is 273. The predicted octanol–water partition coefficient (Wildman–Crippen LogP) is 3.38. The van der Waals surface area contributed by atoms with Gasteiger partial charge in [0, 0.05) is 12.7 Å². The van der Waals surface area contributed by atoms with Crippen LogP contribution in [-0.4, -0.2) is 15.5 Å². The Morgan fingerprint density at radius 1 is 1.50 bits per heavy atom. The van der Waals surface area contributed by atoms with E-state index in [0.717, 1.165) is 29.6 Å². The van der Waals surface area contributed by atoms with Gasteiger partial charge in [-0.2, -0.15) is 17.7 Å². The maximum atomic E-state index is 4.45. The van der Waals surface area contributed by atoms with Crippen molar-refractivity contribution in [3.63, 3.8) is 0 Å². The predicted molar refractivity (Wildman–Crippen MR) is 66.8 cm³/mol. The van der Waals surface area contributed by atoms with E-state index in [9.17, 15) is 0 Å². The minimum atomic E-state index is 0.286. The number of thiol groups is 1. The van der Waals surface area contributed by atoms with Gasteiger partial charge in [-0.1, -0.05) is 13.8 Å². The van der Waals surface area contributed by atoms with Gasteiger partial charge in [-0.05, 0) is 39.9 Å². The van der Waals surface area contributed by atoms with Crippen LogP contribution in [0, 0.1) is 5.41 Å². The molecule has 80 valence electrons. The molecule has 0 atom stereocenters. The standard InChI is InChI=1S/C10H17BrN2S/c1-3-10(4-2,8-14)7-13-6-9(11)5-12-13/h5-6,14H,3-4,7-8H2,1-2H3. The third-order valence-corrected chi connectivity index (χ3v) is 4.01. The van der Waals surface area contributed by atoms with E-state index in [2.05, 4.69) is 47.5 Å². The van der Waals surface area contributed by atoms with Gasteiger partial charge >= 0.3 is 0 Å². The molecule has 1 aromatic heterocycles. The van der Waals surface area contributed by atoms with Crippen molar-refractivity contribution >= 4 is 28.6 Å². The van der Waals surface area contributed by atoms with Gasteiger partial charge < -0.3 is 0 Å². The lowest BCUT2D eigenvalue weighted by Gasteiger charge is -2.29. The maximum Gasteiger partial charge on any atom is 0.0632 e. The Morgan fingerprint density at radius 3 is 2.50 bits per heavy atom. The molecule has 0 amide bonds. The zero-order valence-corrected chi connectivity index (χ0v) is 11.2. The monoisotopic (exact) mass is 276 g/mol. The molecule has 0 aromatic carbocycles. The Hall–Kier alpha value is 0.0400. The number of rotatable bonds is 5. The molecule has 0 aliphatic carbocycles. The molecule has 0 saturated carbocycles. The minimum absolute atomic E-state index is 0.286. The quantitative estimate of drug-likeness (QED) is 0.817. The SMILES string of the molecule is CCC(CC)(CS)Cn1cc(Br)cn1. The molecule has 0 aliphatic rings. The fourth-order valence-corrected chi connectivity index (χ4v) is 2.39. The minimum Gasteiger partial charge on any atom is -0.271 e. The summed E-state index contributed by atoms with van der Waals surface area (Å²) in [6, 6.07) is 0. The lowest BCUT2D eigenvalue weighted by Crippen LogP contribution is -2.27. The number of aromatic nitrogens is 2. The third-order valence-electron chi connectivity index (χ3n) is 2.93. The van der Waals surface area contributed by atoms with E-state index >= 15 is 0 Å². The third kappa shape index (κ3) is 2.76. The van der Waals surface area contributed by atoms with Crippen molar-refractivity contribution in [2.45, 2.75) is 33.2 Å². The topological polar surface area (TPSA) is 17.8 Å². The molecule has 1 rings (SSSR count). The molecule has 14 heavy (non-hydrogen) atoms. The van der Waals surface area contributed by atoms with Crippen molar-refractivity contribution < 1.29 is 0 Å². The molecule has 0 saturated heterocycles. The molecule has 0 aliphatic heterocycles. The number of halogens is 1. The highest BCUT2D eigenvalue weighted by molar-refractivity contribution is 9.10. The molecule has 0 bridgehead atoms. The summed E-state index contributed by atoms with van der Waals surface area (Å²) in [6.07, 6.45) is 6.13. The molecule has 0 fully saturated rings. The molecular weight excluding hydrogens is 260 g/mol. The van der Waals surface area contributed by atoms with Crippen LogP contribution in [0.5, 0.6) is 0 Å². The Labute approximate surface area is 99.6 Å². The van der Waals surface area contributed by atoms with Crippen LogP contribution in [0.3, 0.4) is 0 Å². The molecule has 2 nitrogen and oxygen atoms in total. The van der Waals surface area contributed by atoms with Gasteiger partial charge in [0.2, 0.25) is 0 Å². The molecule has 0 radical (unpaired) electrons. The van der Waals surface area contributed by atoms with Crippen molar-refractivity contribution in [1.82, 2.24) is 9.78 Å². The highest BCUT2D eigenvalue weighted by Gasteiger charge is 2.25. The van der Waals surface area contributed by atoms with Gasteiger partial charge in [-0.15, -0.1) is 0 Å². The summed E-state index contributed by atoms with van der Waals surface area (Å²) in [7, 11) is 0. The summed E-state index contributed by atoms with van der Waals surface area (Å²) in [5.41, 5.74) is 0.286. The largest absolute Gasteiger partial charge is 0.271 e. The van der Waals surface area contributed by atoms with Crippen molar-refractivity contribution in [3.05, 3.63) is 16.9 Å². The molecule has 4 heteroatoms. The molecule has 1 aromatic rings. The van der Waals surface area contributed by atoms with Gasteiger partial charge in [-0.25, -0.2) is 0 Å². The summed E-state index contributed by atoms with van der Waals surface area (Å²) in [4.78, 5) is 0. The maximum absolute atomic E-state index is 4.45. The zero-order valence-electron chi connectivity index (χ0n) is 8.70. The van der Waals surface area contributed by atoms with E-state index in [1.165, 1.54) is 0 Å². The zero-order chi connectivity index (χ0) is 10.6. The Morgan fingerprint density at radius 2 is 2.14 bits per heavy atom. The van der Waals surface area contributed by atoms with Crippen LogP contribution < -0.4 is 0 Å². The molecule has 0 unspecified atom stereocenters. The molecule has 1 heterocycles. The van der Waals surface area contributed by atoms with Crippen LogP contribution in [0.4, 0.5) is 0 Å². The first kappa shape index (κ1) is 12.1. The van der Waals surface area contributed by atoms with E-state index in [4.69, 9.17) is 0 Å². The van der Waals surface area contributed by atoms with Crippen LogP contribution >= 0.6 is 28.6 Å². The second-order valence-corrected chi connectivity index (χ2v) is 4.95. The van der Waals surface area contributed by atoms with Crippen LogP contribution in [0.25, 0.3) is 0 Å². The van der Waals surface area contributed by atoms with E-state index in [0.29, 0.717) is 0 Å². The second-order valence-electron chi connectivity index (χ2n) is 3.72. The van der Waals surface area contributed by atoms with Gasteiger partial charge in [0.25, 0.3) is 0 Å². The smallest absolute Gasteiger partial charge is 0.0632 e. The van der Waals surface area contributed by atoms with Gasteiger partial charge in [-0.3, -0.25) is 4.68 Å². The molecular formula is C10H17BrN2S. The average Bonchev–Trinajstić information content (AvgIpc) is 2.61. The number of hydrogen-bond donors (Lipinski definition) is 1. The average molecular weight is 277 g/mol. The van der Waals surface area contributed by atoms with Crippen LogP contribution in [0.1, 0.15) is 26.7 Å². The van der Waals surface area contributed by atoms with Crippen LogP contribution in [0.15, 0.2) is 16.9 Å². The van der Waals surface area contributed by atoms with Gasteiger partial charge in [0.15, 0.2) is 0 Å². The van der Waals surface area contributed by atoms with Crippen molar-refractivity contribution in [3.8, 4) is 0 Å². The summed E-state index contributed by atoms with van der Waals surface area (Å²) in [5.74, 6) is 0.914. The lowest BCUT2D eigenvalue weighted by molar-refractivity contribution is 0.246. The van der Waals surface area contributed by atoms with Crippen molar-refractivity contribution in [2.75, 3.05) is 5.75 Å². The highest BCUT2D eigenvalue weighted by Crippen LogP contribution is 2.29. The Balaban J connectivity index is 2.73. The van der Waals surface area contributed by atoms with Gasteiger partial charge in [0.05, 0.1) is 10.7 Å². The van der Waals surface area contributed by atoms with E-state index in [-0.39, 0.29) is 5.41 Å². The molecule has 0 N–H and O–H groups in total. The van der Waals surface area contributed by atoms with E-state index in [1.807, 2.05) is 17.1 Å². The number of hydrogen-bond acceptors (Lipinski definition) is 2. The van der Waals surface area contributed by atoms with Crippen molar-refractivity contribution in [1.29, 1.82) is 0 Å². The van der Waals surface area contributed by atoms with Crippen LogP contribution in [0.2, 0.25) is 0 Å². The summed E-state index contributed by atoms with van der Waals surface area (Å²) < 4.78 is 3.03. The summed E-state index contributed by atoms with van der Waals surface area (Å²) in [5, 5.41) is 4.28. The second kappa shape index (κ2) is 5.21. The van der Waals surface area contributed by atoms with Crippen LogP contribution in [-0.2, 0) is 6.54 Å². The van der Waals surface area contributed by atoms with Gasteiger partial charge in [0.1, 0.15) is 0 Å². The first-order chi connectivity index (χ1) is 6.65. The normalized spacial score (nSPS) is 12.0. The fourth-order valence-electron chi connectivity index (χ4n) is 1.52.